The van der Waals surface area contributed by atoms with Crippen molar-refractivity contribution in [1.29, 1.82) is 0 Å². The van der Waals surface area contributed by atoms with Gasteiger partial charge in [-0.2, -0.15) is 0 Å². The van der Waals surface area contributed by atoms with Gasteiger partial charge in [-0.1, -0.05) is 153 Å². The van der Waals surface area contributed by atoms with E-state index >= 15 is 0 Å². The molecule has 2 radical (unpaired) electrons. The molecule has 0 atom stereocenters. The van der Waals surface area contributed by atoms with Crippen LogP contribution in [0.5, 0.6) is 0 Å². The molecule has 0 saturated heterocycles. The van der Waals surface area contributed by atoms with Crippen molar-refractivity contribution in [2.45, 2.75) is 58.3 Å². The van der Waals surface area contributed by atoms with E-state index in [9.17, 15) is 4.79 Å². The van der Waals surface area contributed by atoms with Gasteiger partial charge in [-0.15, -0.1) is 39.7 Å². The van der Waals surface area contributed by atoms with Crippen LogP contribution in [0.4, 0.5) is 0 Å². The minimum atomic E-state index is -0.413. The maximum absolute atomic E-state index is 10.2. The number of carbonyl (C=O) groups excluding carboxylic acids is 1. The molecule has 0 heterocycles. The van der Waals surface area contributed by atoms with E-state index in [4.69, 9.17) is 5.73 Å². The first-order valence-corrected chi connectivity index (χ1v) is 14.8. The fraction of sp³-hybridized carbons (Fsp3) is 0.257. The second kappa shape index (κ2) is 23.5. The maximum Gasteiger partial charge on any atom is 4.00 e. The fourth-order valence-electron chi connectivity index (χ4n) is 4.36. The average molecular weight is 680 g/mol. The number of hydrogen-bond acceptors (Lipinski definition) is 1. The predicted molar refractivity (Wildman–Crippen MR) is 167 cm³/mol. The van der Waals surface area contributed by atoms with Gasteiger partial charge in [0.05, 0.1) is 0 Å². The van der Waals surface area contributed by atoms with Gasteiger partial charge in [0.2, 0.25) is 0 Å². The van der Waals surface area contributed by atoms with Crippen LogP contribution in [0.2, 0.25) is 0 Å². The predicted octanol–water partition coefficient (Wildman–Crippen LogP) is 2.76. The molecule has 1 amide bonds. The zero-order valence-corrected chi connectivity index (χ0v) is 28.8. The summed E-state index contributed by atoms with van der Waals surface area (Å²) in [7, 11) is 0.777. The Balaban J connectivity index is 0.000000566. The minimum absolute atomic E-state index is 0. The summed E-state index contributed by atoms with van der Waals surface area (Å²) in [5.74, 6) is -0.413. The molecule has 6 heteroatoms. The molecule has 0 spiro atoms. The standard InChI is InChI=1S/C13H9.C12H10Si.C10H21NO.2ClH.Zr/c1-3-7-12-10(5-1)9-11-6-2-4-8-13(11)12;1-3-7-11(8-4-1)13-12-9-5-2-6-10-12;1-2-3-4-5-6-7-8-9-10(11)12;;;/h1-9H;1-10H;2-9H2,1H3,(H2,11,12);2*1H;/q-1;;;;;+4/p-3. The smallest absolute Gasteiger partial charge is 1.00 e. The van der Waals surface area contributed by atoms with Gasteiger partial charge in [0.15, 0.2) is 0 Å². The number of carbonyl (C=O) groups is 1. The van der Waals surface area contributed by atoms with Crippen LogP contribution < -0.4 is 35.2 Å². The van der Waals surface area contributed by atoms with E-state index in [1.165, 1.54) is 64.0 Å². The molecule has 5 rings (SSSR count). The van der Waals surface area contributed by atoms with Gasteiger partial charge >= 0.3 is 26.2 Å². The van der Waals surface area contributed by atoms with E-state index in [2.05, 4.69) is 122 Å². The van der Waals surface area contributed by atoms with Crippen LogP contribution in [0.15, 0.2) is 115 Å². The molecule has 0 saturated carbocycles. The second-order valence-electron chi connectivity index (χ2n) is 9.47. The van der Waals surface area contributed by atoms with Crippen LogP contribution in [-0.2, 0) is 31.0 Å². The summed E-state index contributed by atoms with van der Waals surface area (Å²) < 4.78 is 0. The first kappa shape index (κ1) is 38.9. The molecular weight excluding hydrogens is 641 g/mol. The van der Waals surface area contributed by atoms with Crippen molar-refractivity contribution in [3.8, 4) is 0 Å². The van der Waals surface area contributed by atoms with Crippen LogP contribution in [0.25, 0.3) is 27.3 Å². The third kappa shape index (κ3) is 15.1. The van der Waals surface area contributed by atoms with Crippen molar-refractivity contribution in [1.82, 2.24) is 0 Å². The molecule has 41 heavy (non-hydrogen) atoms. The Hall–Kier alpha value is -2.10. The molecule has 212 valence electrons. The van der Waals surface area contributed by atoms with Crippen molar-refractivity contribution in [3.63, 3.8) is 0 Å². The van der Waals surface area contributed by atoms with Crippen molar-refractivity contribution in [2.75, 3.05) is 0 Å². The van der Waals surface area contributed by atoms with E-state index < -0.39 is 5.91 Å². The quantitative estimate of drug-likeness (QED) is 0.127. The van der Waals surface area contributed by atoms with Gasteiger partial charge in [-0.3, -0.25) is 0 Å². The molecule has 0 unspecified atom stereocenters. The number of nitrogens with one attached hydrogen (secondary N) is 1. The van der Waals surface area contributed by atoms with E-state index in [-0.39, 0.29) is 51.0 Å². The van der Waals surface area contributed by atoms with Gasteiger partial charge < -0.3 is 35.3 Å². The topological polar surface area (TPSA) is 40.9 Å². The minimum Gasteiger partial charge on any atom is -1.00 e. The summed E-state index contributed by atoms with van der Waals surface area (Å²) in [6.07, 6.45) is 8.94. The maximum atomic E-state index is 10.2. The molecule has 2 nitrogen and oxygen atoms in total. The van der Waals surface area contributed by atoms with Gasteiger partial charge in [0.1, 0.15) is 9.52 Å². The van der Waals surface area contributed by atoms with E-state index in [1.54, 1.807) is 0 Å². The van der Waals surface area contributed by atoms with Crippen molar-refractivity contribution >= 4 is 47.3 Å². The molecule has 0 aliphatic carbocycles. The first-order valence-electron chi connectivity index (χ1n) is 13.8. The number of rotatable bonds is 10. The third-order valence-corrected chi connectivity index (χ3v) is 7.61. The molecular formula is C35H39Cl2NOSiZr. The Morgan fingerprint density at radius 1 is 0.610 bits per heavy atom. The molecule has 0 aliphatic rings. The number of unbranched alkanes of at least 4 members (excludes halogenated alkanes) is 6. The Kier molecular flexibility index (Phi) is 22.3. The SMILES string of the molecule is CCCCCCCCCC([NH-])=O.[Cl-].[Cl-].[Zr+4].c1ccc([Si]c2ccccc2)cc1.c1ccc2c(c1)[cH-]c1ccccc12. The number of halogens is 2. The summed E-state index contributed by atoms with van der Waals surface area (Å²) in [6.45, 7) is 2.21. The third-order valence-electron chi connectivity index (χ3n) is 6.37. The average Bonchev–Trinajstić information content (AvgIpc) is 3.33. The number of hydrogen-bond donors (Lipinski definition) is 0. The molecule has 0 bridgehead atoms. The number of fused-ring (bicyclic) bond motifs is 3. The largest absolute Gasteiger partial charge is 4.00 e. The normalized spacial score (nSPS) is 9.59. The number of amides is 1. The van der Waals surface area contributed by atoms with Crippen molar-refractivity contribution < 1.29 is 55.8 Å². The van der Waals surface area contributed by atoms with E-state index in [0.29, 0.717) is 6.42 Å². The Labute approximate surface area is 280 Å². The molecule has 0 fully saturated rings. The first-order chi connectivity index (χ1) is 18.7. The van der Waals surface area contributed by atoms with Crippen molar-refractivity contribution in [2.24, 2.45) is 0 Å². The summed E-state index contributed by atoms with van der Waals surface area (Å²) in [5.41, 5.74) is 6.69. The van der Waals surface area contributed by atoms with Gasteiger partial charge in [0.25, 0.3) is 0 Å². The summed E-state index contributed by atoms with van der Waals surface area (Å²) >= 11 is 0. The van der Waals surface area contributed by atoms with Crippen LogP contribution in [0, 0.1) is 0 Å². The van der Waals surface area contributed by atoms with Crippen LogP contribution in [0.1, 0.15) is 58.3 Å². The Morgan fingerprint density at radius 2 is 1.00 bits per heavy atom. The molecule has 5 aromatic rings. The van der Waals surface area contributed by atoms with Crippen LogP contribution >= 0.6 is 0 Å². The Bertz CT molecular complexity index is 1260. The monoisotopic (exact) mass is 677 g/mol. The van der Waals surface area contributed by atoms with E-state index in [1.807, 2.05) is 0 Å². The van der Waals surface area contributed by atoms with Crippen LogP contribution in [0.3, 0.4) is 0 Å². The number of benzene rings is 4. The fourth-order valence-corrected chi connectivity index (χ4v) is 5.41. The summed E-state index contributed by atoms with van der Waals surface area (Å²) in [6, 6.07) is 40.4. The Morgan fingerprint density at radius 3 is 1.44 bits per heavy atom. The van der Waals surface area contributed by atoms with Crippen LogP contribution in [-0.4, -0.2) is 15.4 Å². The van der Waals surface area contributed by atoms with Crippen molar-refractivity contribution in [3.05, 3.63) is 121 Å². The molecule has 1 N–H and O–H groups in total. The van der Waals surface area contributed by atoms with E-state index in [0.717, 1.165) is 22.4 Å². The molecule has 5 aromatic carbocycles. The molecule has 0 aliphatic heterocycles. The van der Waals surface area contributed by atoms with Gasteiger partial charge in [-0.05, 0) is 12.8 Å². The zero-order chi connectivity index (χ0) is 26.8. The molecule has 0 aromatic heterocycles. The second-order valence-corrected chi connectivity index (χ2v) is 10.9. The summed E-state index contributed by atoms with van der Waals surface area (Å²) in [5, 5.41) is 8.19. The summed E-state index contributed by atoms with van der Waals surface area (Å²) in [4.78, 5) is 10.2. The zero-order valence-electron chi connectivity index (χ0n) is 23.8. The van der Waals surface area contributed by atoms with Gasteiger partial charge in [0, 0.05) is 5.91 Å². The van der Waals surface area contributed by atoms with Gasteiger partial charge in [-0.25, -0.2) is 0 Å².